The predicted octanol–water partition coefficient (Wildman–Crippen LogP) is 1.65. The molecule has 4 nitrogen and oxygen atoms in total. The van der Waals surface area contributed by atoms with E-state index in [-0.39, 0.29) is 0 Å². The van der Waals surface area contributed by atoms with Crippen LogP contribution in [0.3, 0.4) is 0 Å². The molecule has 0 atom stereocenters. The molecule has 0 aromatic carbocycles. The van der Waals surface area contributed by atoms with Gasteiger partial charge in [-0.05, 0) is 53.4 Å². The Bertz CT molecular complexity index is 214. The van der Waals surface area contributed by atoms with Gasteiger partial charge in [0.1, 0.15) is 0 Å². The van der Waals surface area contributed by atoms with Crippen LogP contribution in [-0.2, 0) is 8.23 Å². The zero-order valence-electron chi connectivity index (χ0n) is 12.7. The number of hydrogen-bond donors (Lipinski definition) is 2. The van der Waals surface area contributed by atoms with Crippen LogP contribution >= 0.6 is 0 Å². The van der Waals surface area contributed by atoms with Gasteiger partial charge in [-0.3, -0.25) is 0 Å². The first-order chi connectivity index (χ1) is 7.54. The van der Waals surface area contributed by atoms with Gasteiger partial charge < -0.3 is 18.9 Å². The number of hydrogen-bond acceptors (Lipinski definition) is 4. The molecular formula is C10H30N2O2Si3. The van der Waals surface area contributed by atoms with Crippen molar-refractivity contribution in [2.45, 2.75) is 39.3 Å². The van der Waals surface area contributed by atoms with Crippen LogP contribution in [0.1, 0.15) is 0 Å². The summed E-state index contributed by atoms with van der Waals surface area (Å²) in [6.07, 6.45) is 1.95. The summed E-state index contributed by atoms with van der Waals surface area (Å²) in [4.78, 5) is 0. The topological polar surface area (TPSA) is 42.5 Å². The molecule has 0 aliphatic heterocycles. The first-order valence-corrected chi connectivity index (χ1v) is 15.3. The quantitative estimate of drug-likeness (QED) is 0.668. The molecule has 0 saturated heterocycles. The molecule has 0 rings (SSSR count). The molecule has 0 radical (unpaired) electrons. The third-order valence-corrected chi connectivity index (χ3v) is 13.0. The lowest BCUT2D eigenvalue weighted by Crippen LogP contribution is -2.57. The maximum absolute atomic E-state index is 6.35. The van der Waals surface area contributed by atoms with E-state index in [1.807, 2.05) is 14.1 Å². The van der Waals surface area contributed by atoms with Crippen molar-refractivity contribution in [3.05, 3.63) is 0 Å². The van der Waals surface area contributed by atoms with Gasteiger partial charge in [0.2, 0.25) is 0 Å². The molecule has 2 N–H and O–H groups in total. The highest BCUT2D eigenvalue weighted by atomic mass is 28.5. The highest BCUT2D eigenvalue weighted by Gasteiger charge is 2.39. The summed E-state index contributed by atoms with van der Waals surface area (Å²) in [5.74, 6) is 0. The van der Waals surface area contributed by atoms with E-state index >= 15 is 0 Å². The second kappa shape index (κ2) is 6.60. The Hall–Kier alpha value is 0.491. The third-order valence-electron chi connectivity index (χ3n) is 2.25. The summed E-state index contributed by atoms with van der Waals surface area (Å²) in [5, 5.41) is 6.44. The average Bonchev–Trinajstić information content (AvgIpc) is 1.96. The van der Waals surface area contributed by atoms with E-state index in [2.05, 4.69) is 49.9 Å². The molecule has 0 heterocycles. The summed E-state index contributed by atoms with van der Waals surface area (Å²) in [6, 6.07) is 0. The second-order valence-electron chi connectivity index (χ2n) is 6.18. The van der Waals surface area contributed by atoms with Crippen molar-refractivity contribution in [3.63, 3.8) is 0 Å². The molecule has 0 aromatic rings. The van der Waals surface area contributed by atoms with Gasteiger partial charge in [-0.15, -0.1) is 0 Å². The van der Waals surface area contributed by atoms with Crippen molar-refractivity contribution >= 4 is 25.2 Å². The highest BCUT2D eigenvalue weighted by Crippen LogP contribution is 2.19. The van der Waals surface area contributed by atoms with Crippen LogP contribution in [0.2, 0.25) is 39.3 Å². The fourth-order valence-electron chi connectivity index (χ4n) is 2.28. The fraction of sp³-hybridized carbons (Fsp3) is 1.00. The molecule has 0 aliphatic carbocycles. The smallest absolute Gasteiger partial charge is 0.311 e. The maximum atomic E-state index is 6.35. The summed E-state index contributed by atoms with van der Waals surface area (Å²) in [7, 11) is -1.31. The van der Waals surface area contributed by atoms with Gasteiger partial charge in [0.25, 0.3) is 0 Å². The molecule has 0 bridgehead atoms. The third kappa shape index (κ3) is 8.25. The van der Waals surface area contributed by atoms with E-state index in [0.29, 0.717) is 0 Å². The number of rotatable bonds is 8. The van der Waals surface area contributed by atoms with E-state index in [1.165, 1.54) is 0 Å². The summed E-state index contributed by atoms with van der Waals surface area (Å²) < 4.78 is 12.7. The molecule has 0 spiro atoms. The van der Waals surface area contributed by atoms with Crippen molar-refractivity contribution in [2.24, 2.45) is 0 Å². The van der Waals surface area contributed by atoms with E-state index in [9.17, 15) is 0 Å². The van der Waals surface area contributed by atoms with Gasteiger partial charge in [0, 0.05) is 12.3 Å². The summed E-state index contributed by atoms with van der Waals surface area (Å²) in [6.45, 7) is 13.3. The lowest BCUT2D eigenvalue weighted by Gasteiger charge is -2.38. The summed E-state index contributed by atoms with van der Waals surface area (Å²) >= 11 is 0. The lowest BCUT2D eigenvalue weighted by atomic mass is 11.2. The van der Waals surface area contributed by atoms with Crippen LogP contribution in [0.4, 0.5) is 0 Å². The number of nitrogens with one attached hydrogen (secondary N) is 2. The van der Waals surface area contributed by atoms with E-state index in [0.717, 1.165) is 12.3 Å². The average molecular weight is 295 g/mol. The molecule has 104 valence electrons. The first kappa shape index (κ1) is 17.5. The van der Waals surface area contributed by atoms with Gasteiger partial charge >= 0.3 is 8.56 Å². The predicted molar refractivity (Wildman–Crippen MR) is 82.5 cm³/mol. The van der Waals surface area contributed by atoms with E-state index < -0.39 is 25.2 Å². The summed E-state index contributed by atoms with van der Waals surface area (Å²) in [5.41, 5.74) is 0. The van der Waals surface area contributed by atoms with Crippen molar-refractivity contribution in [2.75, 3.05) is 26.4 Å². The molecule has 17 heavy (non-hydrogen) atoms. The van der Waals surface area contributed by atoms with E-state index in [4.69, 9.17) is 8.23 Å². The van der Waals surface area contributed by atoms with Gasteiger partial charge in [-0.1, -0.05) is 0 Å². The Morgan fingerprint density at radius 2 is 1.00 bits per heavy atom. The minimum absolute atomic E-state index is 0.973. The highest BCUT2D eigenvalue weighted by molar-refractivity contribution is 6.87. The van der Waals surface area contributed by atoms with Gasteiger partial charge in [0.05, 0.1) is 0 Å². The molecule has 0 fully saturated rings. The Morgan fingerprint density at radius 1 is 0.706 bits per heavy atom. The first-order valence-electron chi connectivity index (χ1n) is 6.23. The van der Waals surface area contributed by atoms with Crippen LogP contribution in [-0.4, -0.2) is 51.6 Å². The molecule has 0 amide bonds. The monoisotopic (exact) mass is 294 g/mol. The Labute approximate surface area is 110 Å². The molecule has 0 aromatic heterocycles. The standard InChI is InChI=1S/C10H30N2O2Si3/c1-11-9-15(3,4)13-17(7,8)14-16(5,6)10-12-2/h11-12H,9-10H2,1-8H3. The van der Waals surface area contributed by atoms with Gasteiger partial charge in [0.15, 0.2) is 16.6 Å². The molecule has 0 unspecified atom stereocenters. The van der Waals surface area contributed by atoms with Crippen LogP contribution in [0, 0.1) is 0 Å². The zero-order chi connectivity index (χ0) is 13.7. The van der Waals surface area contributed by atoms with Gasteiger partial charge in [-0.25, -0.2) is 0 Å². The Morgan fingerprint density at radius 3 is 1.24 bits per heavy atom. The Balaban J connectivity index is 4.47. The SMILES string of the molecule is CNC[Si](C)(C)O[Si](C)(C)O[Si](C)(C)CNC. The molecule has 0 aliphatic rings. The minimum Gasteiger partial charge on any atom is -0.435 e. The van der Waals surface area contributed by atoms with E-state index in [1.54, 1.807) is 0 Å². The van der Waals surface area contributed by atoms with Crippen molar-refractivity contribution in [1.82, 2.24) is 10.6 Å². The molecular weight excluding hydrogens is 264 g/mol. The normalized spacial score (nSPS) is 14.1. The van der Waals surface area contributed by atoms with Crippen molar-refractivity contribution in [3.8, 4) is 0 Å². The van der Waals surface area contributed by atoms with Crippen LogP contribution in [0.5, 0.6) is 0 Å². The zero-order valence-corrected chi connectivity index (χ0v) is 15.7. The minimum atomic E-state index is -2.01. The Kier molecular flexibility index (Phi) is 6.79. The van der Waals surface area contributed by atoms with Crippen LogP contribution < -0.4 is 10.6 Å². The second-order valence-corrected chi connectivity index (χ2v) is 18.4. The molecule has 7 heteroatoms. The van der Waals surface area contributed by atoms with Crippen molar-refractivity contribution < 1.29 is 8.23 Å². The van der Waals surface area contributed by atoms with Crippen LogP contribution in [0.15, 0.2) is 0 Å². The van der Waals surface area contributed by atoms with Crippen LogP contribution in [0.25, 0.3) is 0 Å². The fourth-order valence-corrected chi connectivity index (χ4v) is 15.7. The maximum Gasteiger partial charge on any atom is 0.311 e. The lowest BCUT2D eigenvalue weighted by molar-refractivity contribution is 0.386. The largest absolute Gasteiger partial charge is 0.435 e. The van der Waals surface area contributed by atoms with Crippen molar-refractivity contribution in [1.29, 1.82) is 0 Å². The van der Waals surface area contributed by atoms with Gasteiger partial charge in [-0.2, -0.15) is 0 Å². The molecule has 0 saturated carbocycles.